The molecule has 1 saturated heterocycles. The molecular formula is C22H23ClFN3O3S. The average molecular weight is 464 g/mol. The zero-order valence-electron chi connectivity index (χ0n) is 16.7. The Kier molecular flexibility index (Phi) is 6.62. The number of hydrogen-bond donors (Lipinski definition) is 1. The number of benzene rings is 2. The minimum absolute atomic E-state index is 0.124. The molecule has 4 rings (SSSR count). The highest BCUT2D eigenvalue weighted by atomic mass is 35.5. The van der Waals surface area contributed by atoms with E-state index in [-0.39, 0.29) is 23.3 Å². The summed E-state index contributed by atoms with van der Waals surface area (Å²) in [4.78, 5) is 4.50. The lowest BCUT2D eigenvalue weighted by Crippen LogP contribution is -2.49. The van der Waals surface area contributed by atoms with Gasteiger partial charge in [0.25, 0.3) is 0 Å². The Labute approximate surface area is 186 Å². The quantitative estimate of drug-likeness (QED) is 0.575. The molecule has 0 spiro atoms. The lowest BCUT2D eigenvalue weighted by atomic mass is 10.1. The second-order valence-electron chi connectivity index (χ2n) is 7.34. The zero-order valence-corrected chi connectivity index (χ0v) is 18.3. The van der Waals surface area contributed by atoms with E-state index < -0.39 is 10.0 Å². The summed E-state index contributed by atoms with van der Waals surface area (Å²) < 4.78 is 47.0. The van der Waals surface area contributed by atoms with Crippen molar-refractivity contribution < 1.29 is 17.2 Å². The maximum atomic E-state index is 13.2. The molecule has 1 aliphatic rings. The maximum absolute atomic E-state index is 13.2. The molecule has 1 unspecified atom stereocenters. The predicted octanol–water partition coefficient (Wildman–Crippen LogP) is 3.91. The van der Waals surface area contributed by atoms with Crippen LogP contribution in [0.1, 0.15) is 11.8 Å². The van der Waals surface area contributed by atoms with Gasteiger partial charge in [0, 0.05) is 43.4 Å². The molecule has 1 aliphatic heterocycles. The van der Waals surface area contributed by atoms with Crippen molar-refractivity contribution in [2.45, 2.75) is 10.9 Å². The van der Waals surface area contributed by atoms with Crippen LogP contribution < -0.4 is 9.62 Å². The first-order chi connectivity index (χ1) is 14.9. The van der Waals surface area contributed by atoms with E-state index in [0.29, 0.717) is 23.9 Å². The van der Waals surface area contributed by atoms with Crippen LogP contribution in [0.2, 0.25) is 5.02 Å². The Morgan fingerprint density at radius 2 is 1.77 bits per heavy atom. The maximum Gasteiger partial charge on any atom is 0.240 e. The summed E-state index contributed by atoms with van der Waals surface area (Å²) in [6.45, 7) is 3.07. The zero-order chi connectivity index (χ0) is 21.8. The third-order valence-corrected chi connectivity index (χ3v) is 7.05. The Balaban J connectivity index is 1.45. The van der Waals surface area contributed by atoms with Crippen molar-refractivity contribution in [3.63, 3.8) is 0 Å². The topological polar surface area (TPSA) is 65.8 Å². The molecule has 164 valence electrons. The fraction of sp³-hybridized carbons (Fsp3) is 0.273. The predicted molar refractivity (Wildman–Crippen MR) is 118 cm³/mol. The van der Waals surface area contributed by atoms with Crippen LogP contribution in [0.15, 0.2) is 76.2 Å². The van der Waals surface area contributed by atoms with Crippen LogP contribution >= 0.6 is 11.6 Å². The van der Waals surface area contributed by atoms with Crippen molar-refractivity contribution in [2.24, 2.45) is 0 Å². The second-order valence-corrected chi connectivity index (χ2v) is 9.54. The molecule has 1 atom stereocenters. The summed E-state index contributed by atoms with van der Waals surface area (Å²) in [6, 6.07) is 16.0. The minimum Gasteiger partial charge on any atom is -0.468 e. The number of piperazine rings is 1. The van der Waals surface area contributed by atoms with Gasteiger partial charge in [-0.2, -0.15) is 0 Å². The highest BCUT2D eigenvalue weighted by molar-refractivity contribution is 7.89. The van der Waals surface area contributed by atoms with Gasteiger partial charge >= 0.3 is 0 Å². The van der Waals surface area contributed by atoms with Crippen LogP contribution in [-0.2, 0) is 10.0 Å². The molecular weight excluding hydrogens is 441 g/mol. The molecule has 0 saturated carbocycles. The van der Waals surface area contributed by atoms with E-state index in [1.54, 1.807) is 36.6 Å². The van der Waals surface area contributed by atoms with Gasteiger partial charge in [-0.3, -0.25) is 4.90 Å². The number of hydrogen-bond acceptors (Lipinski definition) is 5. The van der Waals surface area contributed by atoms with E-state index >= 15 is 0 Å². The molecule has 1 fully saturated rings. The van der Waals surface area contributed by atoms with Crippen molar-refractivity contribution in [3.05, 3.63) is 83.5 Å². The van der Waals surface area contributed by atoms with Crippen LogP contribution in [0.25, 0.3) is 0 Å². The first-order valence-corrected chi connectivity index (χ1v) is 11.8. The third kappa shape index (κ3) is 5.27. The Hall–Kier alpha value is -2.39. The summed E-state index contributed by atoms with van der Waals surface area (Å²) in [5.41, 5.74) is 0.970. The van der Waals surface area contributed by atoms with Gasteiger partial charge in [-0.1, -0.05) is 17.7 Å². The van der Waals surface area contributed by atoms with Crippen molar-refractivity contribution in [3.8, 4) is 0 Å². The fourth-order valence-electron chi connectivity index (χ4n) is 3.74. The van der Waals surface area contributed by atoms with Gasteiger partial charge in [-0.05, 0) is 54.6 Å². The van der Waals surface area contributed by atoms with Gasteiger partial charge < -0.3 is 9.32 Å². The Morgan fingerprint density at radius 3 is 2.42 bits per heavy atom. The Bertz CT molecular complexity index is 1100. The SMILES string of the molecule is O=S(=O)(NCC(c1ccco1)N1CCN(c2ccc(F)cc2)CC1)c1cccc(Cl)c1. The summed E-state index contributed by atoms with van der Waals surface area (Å²) in [6.07, 6.45) is 1.59. The van der Waals surface area contributed by atoms with Gasteiger partial charge in [-0.15, -0.1) is 0 Å². The van der Waals surface area contributed by atoms with E-state index in [2.05, 4.69) is 14.5 Å². The van der Waals surface area contributed by atoms with Gasteiger partial charge in [0.15, 0.2) is 0 Å². The Morgan fingerprint density at radius 1 is 1.03 bits per heavy atom. The molecule has 2 aromatic carbocycles. The van der Waals surface area contributed by atoms with Gasteiger partial charge in [-0.25, -0.2) is 17.5 Å². The number of nitrogens with one attached hydrogen (secondary N) is 1. The summed E-state index contributed by atoms with van der Waals surface area (Å²) in [5, 5.41) is 0.363. The van der Waals surface area contributed by atoms with Crippen LogP contribution in [0.3, 0.4) is 0 Å². The van der Waals surface area contributed by atoms with E-state index in [4.69, 9.17) is 16.0 Å². The monoisotopic (exact) mass is 463 g/mol. The minimum atomic E-state index is -3.71. The smallest absolute Gasteiger partial charge is 0.240 e. The van der Waals surface area contributed by atoms with Gasteiger partial charge in [0.05, 0.1) is 17.2 Å². The molecule has 0 bridgehead atoms. The largest absolute Gasteiger partial charge is 0.468 e. The molecule has 6 nitrogen and oxygen atoms in total. The van der Waals surface area contributed by atoms with Gasteiger partial charge in [0.2, 0.25) is 10.0 Å². The lowest BCUT2D eigenvalue weighted by molar-refractivity contribution is 0.166. The molecule has 9 heteroatoms. The number of anilines is 1. The molecule has 1 aromatic heterocycles. The highest BCUT2D eigenvalue weighted by Crippen LogP contribution is 2.25. The van der Waals surface area contributed by atoms with Crippen LogP contribution in [0.4, 0.5) is 10.1 Å². The lowest BCUT2D eigenvalue weighted by Gasteiger charge is -2.39. The molecule has 2 heterocycles. The van der Waals surface area contributed by atoms with Crippen LogP contribution in [0, 0.1) is 5.82 Å². The van der Waals surface area contributed by atoms with Crippen LogP contribution in [-0.4, -0.2) is 46.0 Å². The molecule has 3 aromatic rings. The second kappa shape index (κ2) is 9.40. The van der Waals surface area contributed by atoms with E-state index in [1.807, 2.05) is 6.07 Å². The molecule has 1 N–H and O–H groups in total. The highest BCUT2D eigenvalue weighted by Gasteiger charge is 2.28. The summed E-state index contributed by atoms with van der Waals surface area (Å²) >= 11 is 5.95. The fourth-order valence-corrected chi connectivity index (χ4v) is 5.08. The third-order valence-electron chi connectivity index (χ3n) is 5.39. The molecule has 0 radical (unpaired) electrons. The number of nitrogens with zero attached hydrogens (tertiary/aromatic N) is 2. The number of rotatable bonds is 7. The van der Waals surface area contributed by atoms with Crippen LogP contribution in [0.5, 0.6) is 0 Å². The van der Waals surface area contributed by atoms with E-state index in [1.165, 1.54) is 24.3 Å². The standard InChI is InChI=1S/C22H23ClFN3O3S/c23-17-3-1-4-20(15-17)31(28,29)25-16-21(22-5-2-14-30-22)27-12-10-26(11-13-27)19-8-6-18(24)7-9-19/h1-9,14-15,21,25H,10-13,16H2. The van der Waals surface area contributed by atoms with Crippen molar-refractivity contribution >= 4 is 27.3 Å². The van der Waals surface area contributed by atoms with Crippen molar-refractivity contribution in [1.29, 1.82) is 0 Å². The average Bonchev–Trinajstić information content (AvgIpc) is 3.29. The van der Waals surface area contributed by atoms with Gasteiger partial charge in [0.1, 0.15) is 11.6 Å². The van der Waals surface area contributed by atoms with Crippen molar-refractivity contribution in [2.75, 3.05) is 37.6 Å². The number of furan rings is 1. The molecule has 0 aliphatic carbocycles. The van der Waals surface area contributed by atoms with Crippen molar-refractivity contribution in [1.82, 2.24) is 9.62 Å². The molecule has 0 amide bonds. The van der Waals surface area contributed by atoms with E-state index in [0.717, 1.165) is 18.8 Å². The summed E-state index contributed by atoms with van der Waals surface area (Å²) in [5.74, 6) is 0.441. The normalized spacial score (nSPS) is 16.4. The van der Waals surface area contributed by atoms with E-state index in [9.17, 15) is 12.8 Å². The first-order valence-electron chi connectivity index (χ1n) is 9.95. The number of sulfonamides is 1. The first kappa shape index (κ1) is 21.8. The number of halogens is 2. The molecule has 31 heavy (non-hydrogen) atoms. The summed E-state index contributed by atoms with van der Waals surface area (Å²) in [7, 11) is -3.71.